The normalized spacial score (nSPS) is 15.6. The number of para-hydroxylation sites is 1. The fraction of sp³-hybridized carbons (Fsp3) is 0.273. The highest BCUT2D eigenvalue weighted by Gasteiger charge is 2.23. The van der Waals surface area contributed by atoms with Gasteiger partial charge in [-0.25, -0.2) is 0 Å². The van der Waals surface area contributed by atoms with Crippen molar-refractivity contribution in [2.45, 2.75) is 12.5 Å². The topological polar surface area (TPSA) is 62.0 Å². The number of H-pyrrole nitrogens is 1. The molecule has 3 nitrogen and oxygen atoms in total. The van der Waals surface area contributed by atoms with E-state index in [4.69, 9.17) is 5.73 Å². The molecular formula is C11H14N2O. The van der Waals surface area contributed by atoms with Crippen LogP contribution in [-0.4, -0.2) is 16.7 Å². The molecule has 0 radical (unpaired) electrons. The Morgan fingerprint density at radius 3 is 2.86 bits per heavy atom. The van der Waals surface area contributed by atoms with Gasteiger partial charge in [-0.2, -0.15) is 0 Å². The Kier molecular flexibility index (Phi) is 2.06. The maximum atomic E-state index is 9.19. The molecule has 0 aliphatic rings. The van der Waals surface area contributed by atoms with Gasteiger partial charge in [-0.3, -0.25) is 0 Å². The van der Waals surface area contributed by atoms with Crippen LogP contribution in [0.25, 0.3) is 10.9 Å². The zero-order valence-corrected chi connectivity index (χ0v) is 8.12. The van der Waals surface area contributed by atoms with Gasteiger partial charge in [0, 0.05) is 17.1 Å². The number of aromatic amines is 1. The van der Waals surface area contributed by atoms with Gasteiger partial charge in [0.2, 0.25) is 0 Å². The van der Waals surface area contributed by atoms with E-state index < -0.39 is 5.54 Å². The molecule has 0 saturated heterocycles. The highest BCUT2D eigenvalue weighted by atomic mass is 16.3. The third-order valence-corrected chi connectivity index (χ3v) is 2.53. The Morgan fingerprint density at radius 2 is 2.14 bits per heavy atom. The summed E-state index contributed by atoms with van der Waals surface area (Å²) in [5, 5.41) is 10.3. The lowest BCUT2D eigenvalue weighted by atomic mass is 9.94. The summed E-state index contributed by atoms with van der Waals surface area (Å²) in [7, 11) is 0. The largest absolute Gasteiger partial charge is 0.394 e. The number of hydrogen-bond donors (Lipinski definition) is 3. The fourth-order valence-electron chi connectivity index (χ4n) is 1.63. The number of benzene rings is 1. The standard InChI is InChI=1S/C11H14N2O/c1-11(12,7-14)9-6-13-10-5-3-2-4-8(9)10/h2-6,13-14H,7,12H2,1H3. The van der Waals surface area contributed by atoms with Crippen molar-refractivity contribution in [1.29, 1.82) is 0 Å². The molecule has 0 amide bonds. The number of fused-ring (bicyclic) bond motifs is 1. The summed E-state index contributed by atoms with van der Waals surface area (Å²) in [5.41, 5.74) is 7.30. The molecule has 0 spiro atoms. The second kappa shape index (κ2) is 3.12. The first-order valence-corrected chi connectivity index (χ1v) is 4.61. The van der Waals surface area contributed by atoms with Crippen molar-refractivity contribution in [3.8, 4) is 0 Å². The van der Waals surface area contributed by atoms with Crippen LogP contribution >= 0.6 is 0 Å². The van der Waals surface area contributed by atoms with E-state index in [-0.39, 0.29) is 6.61 Å². The van der Waals surface area contributed by atoms with Crippen LogP contribution in [0.1, 0.15) is 12.5 Å². The first-order chi connectivity index (χ1) is 6.65. The van der Waals surface area contributed by atoms with E-state index in [2.05, 4.69) is 4.98 Å². The molecule has 74 valence electrons. The van der Waals surface area contributed by atoms with Crippen molar-refractivity contribution >= 4 is 10.9 Å². The van der Waals surface area contributed by atoms with Gasteiger partial charge in [0.1, 0.15) is 0 Å². The van der Waals surface area contributed by atoms with Gasteiger partial charge in [0.05, 0.1) is 12.1 Å². The Bertz CT molecular complexity index is 445. The Balaban J connectivity index is 2.64. The van der Waals surface area contributed by atoms with E-state index in [0.29, 0.717) is 0 Å². The monoisotopic (exact) mass is 190 g/mol. The minimum Gasteiger partial charge on any atom is -0.394 e. The van der Waals surface area contributed by atoms with Crippen LogP contribution in [0.3, 0.4) is 0 Å². The van der Waals surface area contributed by atoms with Crippen LogP contribution in [-0.2, 0) is 5.54 Å². The average Bonchev–Trinajstić information content (AvgIpc) is 2.61. The number of nitrogens with two attached hydrogens (primary N) is 1. The lowest BCUT2D eigenvalue weighted by molar-refractivity contribution is 0.211. The van der Waals surface area contributed by atoms with Gasteiger partial charge in [-0.05, 0) is 18.6 Å². The number of rotatable bonds is 2. The molecule has 0 bridgehead atoms. The number of hydrogen-bond acceptors (Lipinski definition) is 2. The maximum absolute atomic E-state index is 9.19. The second-order valence-corrected chi connectivity index (χ2v) is 3.82. The Morgan fingerprint density at radius 1 is 1.43 bits per heavy atom. The molecule has 0 aliphatic heterocycles. The van der Waals surface area contributed by atoms with Gasteiger partial charge < -0.3 is 15.8 Å². The van der Waals surface area contributed by atoms with E-state index in [1.165, 1.54) is 0 Å². The van der Waals surface area contributed by atoms with Crippen molar-refractivity contribution in [2.24, 2.45) is 5.73 Å². The number of aliphatic hydroxyl groups is 1. The highest BCUT2D eigenvalue weighted by Crippen LogP contribution is 2.26. The summed E-state index contributed by atoms with van der Waals surface area (Å²) in [4.78, 5) is 3.14. The fourth-order valence-corrected chi connectivity index (χ4v) is 1.63. The van der Waals surface area contributed by atoms with Crippen molar-refractivity contribution in [2.75, 3.05) is 6.61 Å². The molecule has 1 heterocycles. The van der Waals surface area contributed by atoms with Crippen LogP contribution in [0.15, 0.2) is 30.5 Å². The summed E-state index contributed by atoms with van der Waals surface area (Å²) in [5.74, 6) is 0. The van der Waals surface area contributed by atoms with Gasteiger partial charge in [0.15, 0.2) is 0 Å². The molecule has 2 aromatic rings. The molecule has 1 aromatic heterocycles. The van der Waals surface area contributed by atoms with Crippen LogP contribution < -0.4 is 5.73 Å². The minimum absolute atomic E-state index is 0.0607. The van der Waals surface area contributed by atoms with E-state index in [1.807, 2.05) is 37.4 Å². The molecule has 1 atom stereocenters. The van der Waals surface area contributed by atoms with Crippen molar-refractivity contribution < 1.29 is 5.11 Å². The predicted molar refractivity (Wildman–Crippen MR) is 56.9 cm³/mol. The minimum atomic E-state index is -0.681. The third kappa shape index (κ3) is 1.31. The van der Waals surface area contributed by atoms with E-state index in [0.717, 1.165) is 16.5 Å². The van der Waals surface area contributed by atoms with E-state index in [1.54, 1.807) is 0 Å². The summed E-state index contributed by atoms with van der Waals surface area (Å²) in [6, 6.07) is 7.93. The van der Waals surface area contributed by atoms with E-state index >= 15 is 0 Å². The van der Waals surface area contributed by atoms with Gasteiger partial charge in [-0.1, -0.05) is 18.2 Å². The van der Waals surface area contributed by atoms with Crippen LogP contribution in [0, 0.1) is 0 Å². The van der Waals surface area contributed by atoms with Crippen LogP contribution in [0.4, 0.5) is 0 Å². The highest BCUT2D eigenvalue weighted by molar-refractivity contribution is 5.84. The SMILES string of the molecule is CC(N)(CO)c1c[nH]c2ccccc12. The lowest BCUT2D eigenvalue weighted by Crippen LogP contribution is -2.36. The zero-order valence-electron chi connectivity index (χ0n) is 8.12. The number of aromatic nitrogens is 1. The quantitative estimate of drug-likeness (QED) is 0.669. The zero-order chi connectivity index (χ0) is 10.2. The van der Waals surface area contributed by atoms with Crippen LogP contribution in [0.5, 0.6) is 0 Å². The average molecular weight is 190 g/mol. The van der Waals surface area contributed by atoms with Crippen LogP contribution in [0.2, 0.25) is 0 Å². The van der Waals surface area contributed by atoms with Crippen molar-refractivity contribution in [3.05, 3.63) is 36.0 Å². The third-order valence-electron chi connectivity index (χ3n) is 2.53. The summed E-state index contributed by atoms with van der Waals surface area (Å²) < 4.78 is 0. The smallest absolute Gasteiger partial charge is 0.0651 e. The van der Waals surface area contributed by atoms with Crippen molar-refractivity contribution in [1.82, 2.24) is 4.98 Å². The summed E-state index contributed by atoms with van der Waals surface area (Å²) >= 11 is 0. The Hall–Kier alpha value is -1.32. The van der Waals surface area contributed by atoms with Gasteiger partial charge in [-0.15, -0.1) is 0 Å². The van der Waals surface area contributed by atoms with Gasteiger partial charge >= 0.3 is 0 Å². The van der Waals surface area contributed by atoms with E-state index in [9.17, 15) is 5.11 Å². The summed E-state index contributed by atoms with van der Waals surface area (Å²) in [6.07, 6.45) is 1.86. The maximum Gasteiger partial charge on any atom is 0.0651 e. The second-order valence-electron chi connectivity index (χ2n) is 3.82. The molecular weight excluding hydrogens is 176 g/mol. The molecule has 0 saturated carbocycles. The molecule has 2 rings (SSSR count). The van der Waals surface area contributed by atoms with Crippen molar-refractivity contribution in [3.63, 3.8) is 0 Å². The number of aliphatic hydroxyl groups excluding tert-OH is 1. The molecule has 3 heteroatoms. The molecule has 0 fully saturated rings. The van der Waals surface area contributed by atoms with Gasteiger partial charge in [0.25, 0.3) is 0 Å². The molecule has 4 N–H and O–H groups in total. The Labute approximate surface area is 82.6 Å². The number of nitrogens with one attached hydrogen (secondary N) is 1. The molecule has 14 heavy (non-hydrogen) atoms. The molecule has 0 aliphatic carbocycles. The molecule has 1 unspecified atom stereocenters. The first-order valence-electron chi connectivity index (χ1n) is 4.61. The lowest BCUT2D eigenvalue weighted by Gasteiger charge is -2.20. The molecule has 1 aromatic carbocycles. The summed E-state index contributed by atoms with van der Waals surface area (Å²) in [6.45, 7) is 1.76. The first kappa shape index (κ1) is 9.24. The predicted octanol–water partition coefficient (Wildman–Crippen LogP) is 1.33.